The van der Waals surface area contributed by atoms with Gasteiger partial charge in [-0.05, 0) is 12.8 Å². The van der Waals surface area contributed by atoms with Gasteiger partial charge in [-0.2, -0.15) is 0 Å². The Hall–Kier alpha value is -0.500. The summed E-state index contributed by atoms with van der Waals surface area (Å²) in [5, 5.41) is 0. The lowest BCUT2D eigenvalue weighted by Crippen LogP contribution is -2.37. The maximum Gasteiger partial charge on any atom is 0.306 e. The number of quaternary nitrogens is 1. The van der Waals surface area contributed by atoms with Crippen molar-refractivity contribution in [2.75, 3.05) is 54.1 Å². The summed E-state index contributed by atoms with van der Waals surface area (Å²) in [5.41, 5.74) is 0. The lowest BCUT2D eigenvalue weighted by molar-refractivity contribution is -0.870. The number of nitrogens with zero attached hydrogens (tertiary/aromatic N) is 1. The van der Waals surface area contributed by atoms with Crippen LogP contribution in [-0.4, -0.2) is 70.7 Å². The highest BCUT2D eigenvalue weighted by molar-refractivity contribution is 7.45. The third-order valence-corrected chi connectivity index (χ3v) is 15.4. The highest BCUT2D eigenvalue weighted by Crippen LogP contribution is 2.38. The van der Waals surface area contributed by atoms with Gasteiger partial charge in [0.2, 0.25) is 0 Å². The zero-order valence-electron chi connectivity index (χ0n) is 48.0. The normalized spacial score (nSPS) is 13.3. The van der Waals surface area contributed by atoms with Crippen LogP contribution in [0.25, 0.3) is 0 Å². The largest absolute Gasteiger partial charge is 0.756 e. The molecule has 0 heterocycles. The molecule has 2 atom stereocenters. The van der Waals surface area contributed by atoms with E-state index >= 15 is 0 Å². The van der Waals surface area contributed by atoms with Crippen LogP contribution in [0.5, 0.6) is 0 Å². The third kappa shape index (κ3) is 58.4. The average Bonchev–Trinajstić information content (AvgIpc) is 3.32. The number of hydrogen-bond donors (Lipinski definition) is 0. The molecular weight excluding hydrogens is 890 g/mol. The van der Waals surface area contributed by atoms with Crippen LogP contribution < -0.4 is 4.89 Å². The number of rotatable bonds is 60. The molecule has 0 saturated heterocycles. The van der Waals surface area contributed by atoms with Gasteiger partial charge < -0.3 is 27.9 Å². The van der Waals surface area contributed by atoms with Gasteiger partial charge in [-0.3, -0.25) is 9.36 Å². The van der Waals surface area contributed by atoms with Gasteiger partial charge in [0.1, 0.15) is 19.3 Å². The third-order valence-electron chi connectivity index (χ3n) is 14.4. The topological polar surface area (TPSA) is 94.1 Å². The summed E-state index contributed by atoms with van der Waals surface area (Å²) in [6.45, 7) is 5.49. The standard InChI is InChI=1S/C61H124NO7P/c1-6-8-10-12-14-16-18-20-21-22-23-24-25-26-27-28-29-30-31-32-33-34-35-36-37-38-39-40-41-42-43-44-46-48-50-52-54-61(63)69-60(59-68-70(64,65)67-57-55-62(3,4)5)58-66-56-53-51-49-47-45-19-17-15-13-11-9-7-2/h60H,6-59H2,1-5H3/t60-/m1/s1. The molecule has 420 valence electrons. The van der Waals surface area contributed by atoms with E-state index in [1.165, 1.54) is 276 Å². The van der Waals surface area contributed by atoms with Gasteiger partial charge in [0.25, 0.3) is 7.82 Å². The first-order valence-corrected chi connectivity index (χ1v) is 32.7. The SMILES string of the molecule is CCCCCCCCCCCCCCCCCCCCCCCCCCCCCCCCCCCCCCC(=O)O[C@H](COCCCCCCCCCCCCCC)COP(=O)([O-])OCC[N+](C)(C)C. The van der Waals surface area contributed by atoms with Crippen LogP contribution >= 0.6 is 7.82 Å². The molecule has 0 fully saturated rings. The van der Waals surface area contributed by atoms with Gasteiger partial charge in [-0.15, -0.1) is 0 Å². The Balaban J connectivity index is 3.76. The van der Waals surface area contributed by atoms with Crippen molar-refractivity contribution in [2.24, 2.45) is 0 Å². The number of hydrogen-bond acceptors (Lipinski definition) is 7. The van der Waals surface area contributed by atoms with E-state index in [-0.39, 0.29) is 25.8 Å². The summed E-state index contributed by atoms with van der Waals surface area (Å²) < 4.78 is 34.8. The van der Waals surface area contributed by atoms with Crippen LogP contribution in [0, 0.1) is 0 Å². The summed E-state index contributed by atoms with van der Waals surface area (Å²) in [5.74, 6) is -0.324. The number of carbonyl (C=O) groups is 1. The fourth-order valence-electron chi connectivity index (χ4n) is 9.61. The van der Waals surface area contributed by atoms with Crippen molar-refractivity contribution in [3.63, 3.8) is 0 Å². The first kappa shape index (κ1) is 69.5. The maximum atomic E-state index is 12.8. The molecule has 0 aromatic carbocycles. The Kier molecular flexibility index (Phi) is 54.4. The molecule has 0 rings (SSSR count). The number of phosphoric ester groups is 1. The summed E-state index contributed by atoms with van der Waals surface area (Å²) in [6.07, 6.45) is 64.8. The highest BCUT2D eigenvalue weighted by atomic mass is 31.2. The van der Waals surface area contributed by atoms with Crippen molar-refractivity contribution in [1.82, 2.24) is 0 Å². The van der Waals surface area contributed by atoms with Gasteiger partial charge in [0.15, 0.2) is 0 Å². The minimum absolute atomic E-state index is 0.0317. The van der Waals surface area contributed by atoms with E-state index in [2.05, 4.69) is 13.8 Å². The van der Waals surface area contributed by atoms with E-state index in [1.807, 2.05) is 21.1 Å². The molecule has 8 nitrogen and oxygen atoms in total. The molecule has 0 aromatic rings. The van der Waals surface area contributed by atoms with Crippen LogP contribution in [0.2, 0.25) is 0 Å². The molecule has 0 radical (unpaired) electrons. The zero-order chi connectivity index (χ0) is 51.2. The van der Waals surface area contributed by atoms with Crippen LogP contribution in [0.3, 0.4) is 0 Å². The van der Waals surface area contributed by atoms with E-state index in [0.29, 0.717) is 24.1 Å². The number of likely N-dealkylation sites (N-methyl/N-ethyl adjacent to an activating group) is 1. The number of esters is 1. The van der Waals surface area contributed by atoms with E-state index in [4.69, 9.17) is 18.5 Å². The van der Waals surface area contributed by atoms with Crippen molar-refractivity contribution >= 4 is 13.8 Å². The van der Waals surface area contributed by atoms with E-state index in [1.54, 1.807) is 0 Å². The molecule has 0 amide bonds. The van der Waals surface area contributed by atoms with Crippen molar-refractivity contribution in [2.45, 2.75) is 335 Å². The molecule has 0 N–H and O–H groups in total. The van der Waals surface area contributed by atoms with Gasteiger partial charge in [0.05, 0.1) is 34.4 Å². The smallest absolute Gasteiger partial charge is 0.306 e. The summed E-state index contributed by atoms with van der Waals surface area (Å²) in [6, 6.07) is 0. The molecule has 70 heavy (non-hydrogen) atoms. The predicted octanol–water partition coefficient (Wildman–Crippen LogP) is 19.3. The monoisotopic (exact) mass is 1010 g/mol. The molecule has 0 aliphatic heterocycles. The summed E-state index contributed by atoms with van der Waals surface area (Å²) >= 11 is 0. The van der Waals surface area contributed by atoms with Crippen LogP contribution in [0.1, 0.15) is 328 Å². The van der Waals surface area contributed by atoms with Crippen molar-refractivity contribution in [3.8, 4) is 0 Å². The Bertz CT molecular complexity index is 1090. The highest BCUT2D eigenvalue weighted by Gasteiger charge is 2.20. The van der Waals surface area contributed by atoms with Crippen LogP contribution in [0.15, 0.2) is 0 Å². The summed E-state index contributed by atoms with van der Waals surface area (Å²) in [4.78, 5) is 25.2. The fraction of sp³-hybridized carbons (Fsp3) is 0.984. The van der Waals surface area contributed by atoms with Gasteiger partial charge in [-0.25, -0.2) is 0 Å². The number of unbranched alkanes of at least 4 members (excludes halogenated alkanes) is 46. The number of phosphoric acid groups is 1. The lowest BCUT2D eigenvalue weighted by atomic mass is 10.0. The Morgan fingerprint density at radius 1 is 0.386 bits per heavy atom. The quantitative estimate of drug-likeness (QED) is 0.0259. The molecule has 0 saturated carbocycles. The second-order valence-electron chi connectivity index (χ2n) is 22.8. The Morgan fingerprint density at radius 3 is 0.943 bits per heavy atom. The Morgan fingerprint density at radius 2 is 0.657 bits per heavy atom. The summed E-state index contributed by atoms with van der Waals surface area (Å²) in [7, 11) is 1.38. The predicted molar refractivity (Wildman–Crippen MR) is 301 cm³/mol. The molecule has 0 aromatic heterocycles. The fourth-order valence-corrected chi connectivity index (χ4v) is 10.3. The van der Waals surface area contributed by atoms with E-state index < -0.39 is 13.9 Å². The second kappa shape index (κ2) is 54.8. The number of ether oxygens (including phenoxy) is 2. The van der Waals surface area contributed by atoms with Gasteiger partial charge >= 0.3 is 5.97 Å². The lowest BCUT2D eigenvalue weighted by Gasteiger charge is -2.28. The van der Waals surface area contributed by atoms with Crippen molar-refractivity contribution in [3.05, 3.63) is 0 Å². The Labute approximate surface area is 438 Å². The second-order valence-corrected chi connectivity index (χ2v) is 24.2. The maximum absolute atomic E-state index is 12.8. The molecule has 0 aliphatic rings. The zero-order valence-corrected chi connectivity index (χ0v) is 48.9. The first-order valence-electron chi connectivity index (χ1n) is 31.3. The molecule has 0 spiro atoms. The van der Waals surface area contributed by atoms with E-state index in [9.17, 15) is 14.3 Å². The van der Waals surface area contributed by atoms with Crippen molar-refractivity contribution < 1.29 is 37.3 Å². The molecule has 0 aliphatic carbocycles. The molecule has 0 bridgehead atoms. The minimum Gasteiger partial charge on any atom is -0.756 e. The van der Waals surface area contributed by atoms with Crippen LogP contribution in [0.4, 0.5) is 0 Å². The molecule has 9 heteroatoms. The average molecular weight is 1010 g/mol. The first-order chi connectivity index (χ1) is 34.1. The van der Waals surface area contributed by atoms with Gasteiger partial charge in [-0.1, -0.05) is 309 Å². The van der Waals surface area contributed by atoms with E-state index in [0.717, 1.165) is 32.1 Å². The minimum atomic E-state index is -4.52. The van der Waals surface area contributed by atoms with Crippen molar-refractivity contribution in [1.29, 1.82) is 0 Å². The number of carbonyl (C=O) groups excluding carboxylic acids is 1. The van der Waals surface area contributed by atoms with Gasteiger partial charge in [0, 0.05) is 13.0 Å². The molecule has 1 unspecified atom stereocenters. The van der Waals surface area contributed by atoms with Crippen LogP contribution in [-0.2, 0) is 27.9 Å². The molecular formula is C61H124NO7P.